The maximum absolute atomic E-state index is 12.5. The Kier molecular flexibility index (Phi) is 7.09. The molecule has 0 atom stereocenters. The number of primary amides is 1. The van der Waals surface area contributed by atoms with Gasteiger partial charge in [-0.25, -0.2) is 4.79 Å². The lowest BCUT2D eigenvalue weighted by Crippen LogP contribution is -2.31. The summed E-state index contributed by atoms with van der Waals surface area (Å²) in [5.74, 6) is 0.144. The normalized spacial score (nSPS) is 10.4. The summed E-state index contributed by atoms with van der Waals surface area (Å²) >= 11 is 3.33. The van der Waals surface area contributed by atoms with Crippen molar-refractivity contribution in [3.8, 4) is 0 Å². The number of hydrogen-bond acceptors (Lipinski definition) is 4. The molecule has 5 nitrogen and oxygen atoms in total. The van der Waals surface area contributed by atoms with Gasteiger partial charge in [-0.15, -0.1) is 22.7 Å². The van der Waals surface area contributed by atoms with Crippen LogP contribution in [0.4, 0.5) is 4.79 Å². The van der Waals surface area contributed by atoms with Crippen molar-refractivity contribution in [2.45, 2.75) is 32.4 Å². The third-order valence-corrected chi connectivity index (χ3v) is 5.05. The van der Waals surface area contributed by atoms with E-state index in [-0.39, 0.29) is 5.91 Å². The van der Waals surface area contributed by atoms with E-state index >= 15 is 0 Å². The van der Waals surface area contributed by atoms with E-state index in [4.69, 9.17) is 5.73 Å². The number of nitrogens with one attached hydrogen (secondary N) is 1. The van der Waals surface area contributed by atoms with Gasteiger partial charge in [0.1, 0.15) is 0 Å². The number of carbonyl (C=O) groups is 2. The second-order valence-electron chi connectivity index (χ2n) is 5.16. The van der Waals surface area contributed by atoms with Crippen LogP contribution in [0.5, 0.6) is 0 Å². The highest BCUT2D eigenvalue weighted by Crippen LogP contribution is 2.18. The van der Waals surface area contributed by atoms with Gasteiger partial charge >= 0.3 is 6.03 Å². The van der Waals surface area contributed by atoms with Crippen molar-refractivity contribution >= 4 is 34.6 Å². The highest BCUT2D eigenvalue weighted by molar-refractivity contribution is 7.10. The van der Waals surface area contributed by atoms with E-state index in [1.54, 1.807) is 22.7 Å². The van der Waals surface area contributed by atoms with Gasteiger partial charge in [-0.1, -0.05) is 12.1 Å². The van der Waals surface area contributed by atoms with E-state index in [0.717, 1.165) is 12.8 Å². The number of unbranched alkanes of at least 4 members (excludes halogenated alkanes) is 1. The zero-order valence-electron chi connectivity index (χ0n) is 12.9. The van der Waals surface area contributed by atoms with Crippen molar-refractivity contribution in [1.29, 1.82) is 0 Å². The Balaban J connectivity index is 1.84. The summed E-state index contributed by atoms with van der Waals surface area (Å²) in [4.78, 5) is 27.4. The largest absolute Gasteiger partial charge is 0.352 e. The first kappa shape index (κ1) is 17.5. The Labute approximate surface area is 144 Å². The van der Waals surface area contributed by atoms with Crippen LogP contribution in [0.2, 0.25) is 0 Å². The van der Waals surface area contributed by atoms with Crippen molar-refractivity contribution in [1.82, 2.24) is 10.2 Å². The van der Waals surface area contributed by atoms with Gasteiger partial charge < -0.3 is 16.0 Å². The molecule has 3 N–H and O–H groups in total. The minimum absolute atomic E-state index is 0.144. The first-order valence-corrected chi connectivity index (χ1v) is 9.27. The molecule has 0 aliphatic carbocycles. The number of hydrogen-bond donors (Lipinski definition) is 2. The van der Waals surface area contributed by atoms with Gasteiger partial charge in [0.25, 0.3) is 0 Å². The summed E-state index contributed by atoms with van der Waals surface area (Å²) in [7, 11) is 0. The molecule has 0 saturated carbocycles. The summed E-state index contributed by atoms with van der Waals surface area (Å²) in [6.45, 7) is 1.81. The quantitative estimate of drug-likeness (QED) is 0.681. The maximum Gasteiger partial charge on any atom is 0.312 e. The molecule has 23 heavy (non-hydrogen) atoms. The molecule has 0 aromatic carbocycles. The lowest BCUT2D eigenvalue weighted by molar-refractivity contribution is -0.132. The number of nitrogens with zero attached hydrogens (tertiary/aromatic N) is 1. The first-order chi connectivity index (χ1) is 11.1. The molecule has 2 heterocycles. The summed E-state index contributed by atoms with van der Waals surface area (Å²) in [6.07, 6.45) is 1.97. The first-order valence-electron chi connectivity index (χ1n) is 7.51. The van der Waals surface area contributed by atoms with Crippen LogP contribution in [0.3, 0.4) is 0 Å². The summed E-state index contributed by atoms with van der Waals surface area (Å²) in [5.41, 5.74) is 5.01. The van der Waals surface area contributed by atoms with Gasteiger partial charge in [-0.05, 0) is 35.7 Å². The Morgan fingerprint density at radius 2 is 1.65 bits per heavy atom. The molecule has 7 heteroatoms. The van der Waals surface area contributed by atoms with Crippen LogP contribution in [-0.4, -0.2) is 23.4 Å². The molecule has 124 valence electrons. The predicted molar refractivity (Wildman–Crippen MR) is 94.3 cm³/mol. The SMILES string of the molecule is NC(=O)NCCCCC(=O)N(Cc1cccs1)Cc1cccs1. The minimum atomic E-state index is -0.520. The van der Waals surface area contributed by atoms with Crippen LogP contribution in [0.1, 0.15) is 29.0 Å². The lowest BCUT2D eigenvalue weighted by Gasteiger charge is -2.21. The fraction of sp³-hybridized carbons (Fsp3) is 0.375. The third kappa shape index (κ3) is 6.42. The maximum atomic E-state index is 12.5. The van der Waals surface area contributed by atoms with Crippen LogP contribution >= 0.6 is 22.7 Å². The van der Waals surface area contributed by atoms with Crippen molar-refractivity contribution in [3.63, 3.8) is 0 Å². The van der Waals surface area contributed by atoms with Gasteiger partial charge in [0.2, 0.25) is 5.91 Å². The number of carbonyl (C=O) groups excluding carboxylic acids is 2. The average Bonchev–Trinajstić information content (AvgIpc) is 3.19. The van der Waals surface area contributed by atoms with Crippen LogP contribution in [0.15, 0.2) is 35.0 Å². The van der Waals surface area contributed by atoms with Gasteiger partial charge in [0.15, 0.2) is 0 Å². The van der Waals surface area contributed by atoms with Crippen LogP contribution in [-0.2, 0) is 17.9 Å². The third-order valence-electron chi connectivity index (χ3n) is 3.32. The minimum Gasteiger partial charge on any atom is -0.352 e. The van der Waals surface area contributed by atoms with Crippen molar-refractivity contribution in [3.05, 3.63) is 44.8 Å². The lowest BCUT2D eigenvalue weighted by atomic mass is 10.2. The zero-order chi connectivity index (χ0) is 16.5. The topological polar surface area (TPSA) is 75.4 Å². The van der Waals surface area contributed by atoms with Crippen LogP contribution in [0.25, 0.3) is 0 Å². The number of thiophene rings is 2. The second kappa shape index (κ2) is 9.32. The Bertz CT molecular complexity index is 561. The number of urea groups is 1. The van der Waals surface area contributed by atoms with Gasteiger partial charge in [0, 0.05) is 22.7 Å². The van der Waals surface area contributed by atoms with Crippen LogP contribution in [0, 0.1) is 0 Å². The molecule has 0 fully saturated rings. The fourth-order valence-corrected chi connectivity index (χ4v) is 3.62. The number of nitrogens with two attached hydrogens (primary N) is 1. The molecule has 3 amide bonds. The molecular formula is C16H21N3O2S2. The zero-order valence-corrected chi connectivity index (χ0v) is 14.5. The molecule has 0 radical (unpaired) electrons. The molecule has 2 aromatic rings. The van der Waals surface area contributed by atoms with E-state index < -0.39 is 6.03 Å². The summed E-state index contributed by atoms with van der Waals surface area (Å²) in [6, 6.07) is 7.59. The Morgan fingerprint density at radius 3 is 2.13 bits per heavy atom. The molecule has 2 rings (SSSR count). The van der Waals surface area contributed by atoms with E-state index in [9.17, 15) is 9.59 Å². The molecule has 2 aromatic heterocycles. The van der Waals surface area contributed by atoms with E-state index in [1.807, 2.05) is 27.8 Å². The van der Waals surface area contributed by atoms with E-state index in [2.05, 4.69) is 17.4 Å². The Hall–Kier alpha value is -1.86. The number of amides is 3. The molecule has 0 bridgehead atoms. The smallest absolute Gasteiger partial charge is 0.312 e. The van der Waals surface area contributed by atoms with Gasteiger partial charge in [0.05, 0.1) is 13.1 Å². The highest BCUT2D eigenvalue weighted by atomic mass is 32.1. The molecular weight excluding hydrogens is 330 g/mol. The Morgan fingerprint density at radius 1 is 1.04 bits per heavy atom. The van der Waals surface area contributed by atoms with Gasteiger partial charge in [-0.3, -0.25) is 4.79 Å². The molecule has 0 spiro atoms. The van der Waals surface area contributed by atoms with Crippen LogP contribution < -0.4 is 11.1 Å². The highest BCUT2D eigenvalue weighted by Gasteiger charge is 2.15. The fourth-order valence-electron chi connectivity index (χ4n) is 2.18. The average molecular weight is 351 g/mol. The molecule has 0 unspecified atom stereocenters. The second-order valence-corrected chi connectivity index (χ2v) is 7.22. The standard InChI is InChI=1S/C16H21N3O2S2/c17-16(21)18-8-2-1-7-15(20)19(11-13-5-3-9-22-13)12-14-6-4-10-23-14/h3-6,9-10H,1-2,7-8,11-12H2,(H3,17,18,21). The monoisotopic (exact) mass is 351 g/mol. The van der Waals surface area contributed by atoms with E-state index in [1.165, 1.54) is 9.75 Å². The molecule has 0 aliphatic heterocycles. The van der Waals surface area contributed by atoms with Crippen molar-refractivity contribution < 1.29 is 9.59 Å². The summed E-state index contributed by atoms with van der Waals surface area (Å²) in [5, 5.41) is 6.59. The van der Waals surface area contributed by atoms with Crippen molar-refractivity contribution in [2.75, 3.05) is 6.54 Å². The number of rotatable bonds is 9. The van der Waals surface area contributed by atoms with E-state index in [0.29, 0.717) is 26.1 Å². The predicted octanol–water partition coefficient (Wildman–Crippen LogP) is 3.18. The molecule has 0 aliphatic rings. The van der Waals surface area contributed by atoms with Crippen molar-refractivity contribution in [2.24, 2.45) is 5.73 Å². The summed E-state index contributed by atoms with van der Waals surface area (Å²) < 4.78 is 0. The van der Waals surface area contributed by atoms with Gasteiger partial charge in [-0.2, -0.15) is 0 Å². The molecule has 0 saturated heterocycles.